The molecule has 0 radical (unpaired) electrons. The largest absolute Gasteiger partial charge is 0.302 e. The average molecular weight is 277 g/mol. The third-order valence-electron chi connectivity index (χ3n) is 3.53. The summed E-state index contributed by atoms with van der Waals surface area (Å²) in [5.74, 6) is 0. The summed E-state index contributed by atoms with van der Waals surface area (Å²) in [6.07, 6.45) is 3.94. The quantitative estimate of drug-likeness (QED) is 0.775. The highest BCUT2D eigenvalue weighted by atomic mass is 15.2. The van der Waals surface area contributed by atoms with Crippen molar-refractivity contribution < 1.29 is 0 Å². The van der Waals surface area contributed by atoms with E-state index in [0.717, 1.165) is 6.54 Å². The van der Waals surface area contributed by atoms with Crippen LogP contribution in [0.5, 0.6) is 0 Å². The van der Waals surface area contributed by atoms with Crippen molar-refractivity contribution in [2.24, 2.45) is 7.05 Å². The zero-order chi connectivity index (χ0) is 14.5. The highest BCUT2D eigenvalue weighted by molar-refractivity contribution is 5.31. The Labute approximate surface area is 125 Å². The predicted octanol–water partition coefficient (Wildman–Crippen LogP) is 3.30. The summed E-state index contributed by atoms with van der Waals surface area (Å²) < 4.78 is 1.83. The smallest absolute Gasteiger partial charge is 0.0579 e. The summed E-state index contributed by atoms with van der Waals surface area (Å²) in [4.78, 5) is 0. The van der Waals surface area contributed by atoms with Crippen LogP contribution >= 0.6 is 0 Å². The number of hydrogen-bond acceptors (Lipinski definition) is 2. The van der Waals surface area contributed by atoms with E-state index in [2.05, 4.69) is 58.9 Å². The molecular formula is C18H19N3. The summed E-state index contributed by atoms with van der Waals surface area (Å²) >= 11 is 0. The minimum Gasteiger partial charge on any atom is -0.302 e. The first-order valence-corrected chi connectivity index (χ1v) is 7.14. The monoisotopic (exact) mass is 277 g/mol. The molecule has 0 saturated heterocycles. The molecule has 3 rings (SSSR count). The Hall–Kier alpha value is -2.39. The third-order valence-corrected chi connectivity index (χ3v) is 3.53. The molecule has 0 saturated carbocycles. The van der Waals surface area contributed by atoms with E-state index in [-0.39, 0.29) is 6.04 Å². The maximum absolute atomic E-state index is 4.22. The Kier molecular flexibility index (Phi) is 4.12. The first-order chi connectivity index (χ1) is 10.3. The van der Waals surface area contributed by atoms with Gasteiger partial charge in [-0.1, -0.05) is 60.7 Å². The number of hydrogen-bond donors (Lipinski definition) is 1. The number of rotatable bonds is 5. The van der Waals surface area contributed by atoms with Crippen LogP contribution in [0.4, 0.5) is 0 Å². The van der Waals surface area contributed by atoms with Crippen molar-refractivity contribution in [3.8, 4) is 0 Å². The van der Waals surface area contributed by atoms with Crippen molar-refractivity contribution in [2.45, 2.75) is 12.6 Å². The van der Waals surface area contributed by atoms with E-state index in [1.165, 1.54) is 16.7 Å². The van der Waals surface area contributed by atoms with E-state index in [0.29, 0.717) is 0 Å². The summed E-state index contributed by atoms with van der Waals surface area (Å²) in [6.45, 7) is 0.794. The summed E-state index contributed by atoms with van der Waals surface area (Å²) in [5.41, 5.74) is 3.73. The first-order valence-electron chi connectivity index (χ1n) is 7.14. The number of nitrogens with one attached hydrogen (secondary N) is 1. The van der Waals surface area contributed by atoms with Gasteiger partial charge < -0.3 is 5.32 Å². The van der Waals surface area contributed by atoms with Gasteiger partial charge in [-0.2, -0.15) is 5.10 Å². The van der Waals surface area contributed by atoms with Crippen LogP contribution in [-0.4, -0.2) is 9.78 Å². The fraction of sp³-hybridized carbons (Fsp3) is 0.167. The average Bonchev–Trinajstić information content (AvgIpc) is 2.95. The summed E-state index contributed by atoms with van der Waals surface area (Å²) in [7, 11) is 1.94. The molecule has 0 unspecified atom stereocenters. The van der Waals surface area contributed by atoms with Crippen LogP contribution in [0.3, 0.4) is 0 Å². The van der Waals surface area contributed by atoms with Gasteiger partial charge in [0.1, 0.15) is 0 Å². The van der Waals surface area contributed by atoms with Gasteiger partial charge in [0.15, 0.2) is 0 Å². The minimum atomic E-state index is 0.188. The standard InChI is InChI=1S/C18H19N3/c1-21-14-15(13-20-21)12-19-18(16-8-4-2-5-9-16)17-10-6-3-7-11-17/h2-11,13-14,18-19H,12H2,1H3. The molecule has 2 aromatic carbocycles. The second-order valence-corrected chi connectivity index (χ2v) is 5.16. The molecule has 0 aliphatic carbocycles. The molecule has 0 spiro atoms. The highest BCUT2D eigenvalue weighted by Crippen LogP contribution is 2.22. The van der Waals surface area contributed by atoms with Gasteiger partial charge >= 0.3 is 0 Å². The molecule has 0 amide bonds. The van der Waals surface area contributed by atoms with Crippen LogP contribution in [0.1, 0.15) is 22.7 Å². The highest BCUT2D eigenvalue weighted by Gasteiger charge is 2.13. The topological polar surface area (TPSA) is 29.9 Å². The Morgan fingerprint density at radius 1 is 0.952 bits per heavy atom. The van der Waals surface area contributed by atoms with Crippen LogP contribution in [0.2, 0.25) is 0 Å². The molecule has 0 bridgehead atoms. The van der Waals surface area contributed by atoms with Gasteiger partial charge in [-0.3, -0.25) is 4.68 Å². The fourth-order valence-electron chi connectivity index (χ4n) is 2.50. The van der Waals surface area contributed by atoms with E-state index in [9.17, 15) is 0 Å². The lowest BCUT2D eigenvalue weighted by Crippen LogP contribution is -2.21. The molecule has 1 heterocycles. The van der Waals surface area contributed by atoms with Crippen LogP contribution in [0, 0.1) is 0 Å². The second kappa shape index (κ2) is 6.37. The van der Waals surface area contributed by atoms with Crippen molar-refractivity contribution in [2.75, 3.05) is 0 Å². The Morgan fingerprint density at radius 2 is 1.52 bits per heavy atom. The maximum atomic E-state index is 4.22. The molecule has 0 fully saturated rings. The normalized spacial score (nSPS) is 11.0. The Balaban J connectivity index is 1.83. The summed E-state index contributed by atoms with van der Waals surface area (Å²) in [5, 5.41) is 7.85. The van der Waals surface area contributed by atoms with E-state index in [1.807, 2.05) is 36.3 Å². The molecule has 21 heavy (non-hydrogen) atoms. The van der Waals surface area contributed by atoms with Crippen LogP contribution in [0.15, 0.2) is 73.1 Å². The molecule has 1 aromatic heterocycles. The molecule has 3 nitrogen and oxygen atoms in total. The Bertz CT molecular complexity index is 634. The van der Waals surface area contributed by atoms with Crippen molar-refractivity contribution >= 4 is 0 Å². The number of aromatic nitrogens is 2. The zero-order valence-electron chi connectivity index (χ0n) is 12.1. The van der Waals surface area contributed by atoms with Crippen molar-refractivity contribution in [3.05, 3.63) is 89.7 Å². The zero-order valence-corrected chi connectivity index (χ0v) is 12.1. The van der Waals surface area contributed by atoms with Crippen molar-refractivity contribution in [1.29, 1.82) is 0 Å². The van der Waals surface area contributed by atoms with Gasteiger partial charge in [-0.15, -0.1) is 0 Å². The maximum Gasteiger partial charge on any atom is 0.0579 e. The lowest BCUT2D eigenvalue weighted by atomic mass is 9.98. The predicted molar refractivity (Wildman–Crippen MR) is 84.8 cm³/mol. The van der Waals surface area contributed by atoms with E-state index >= 15 is 0 Å². The van der Waals surface area contributed by atoms with Gasteiger partial charge in [-0.05, 0) is 11.1 Å². The van der Waals surface area contributed by atoms with E-state index in [1.54, 1.807) is 0 Å². The van der Waals surface area contributed by atoms with Gasteiger partial charge in [0.25, 0.3) is 0 Å². The van der Waals surface area contributed by atoms with Gasteiger partial charge in [0.2, 0.25) is 0 Å². The molecule has 106 valence electrons. The minimum absolute atomic E-state index is 0.188. The van der Waals surface area contributed by atoms with Gasteiger partial charge in [-0.25, -0.2) is 0 Å². The molecular weight excluding hydrogens is 258 g/mol. The van der Waals surface area contributed by atoms with E-state index < -0.39 is 0 Å². The van der Waals surface area contributed by atoms with Crippen LogP contribution in [0.25, 0.3) is 0 Å². The van der Waals surface area contributed by atoms with Crippen molar-refractivity contribution in [1.82, 2.24) is 15.1 Å². The molecule has 0 aliphatic heterocycles. The Morgan fingerprint density at radius 3 is 2.00 bits per heavy atom. The van der Waals surface area contributed by atoms with E-state index in [4.69, 9.17) is 0 Å². The summed E-state index contributed by atoms with van der Waals surface area (Å²) in [6, 6.07) is 21.2. The number of nitrogens with zero attached hydrogens (tertiary/aromatic N) is 2. The number of benzene rings is 2. The fourth-order valence-corrected chi connectivity index (χ4v) is 2.50. The van der Waals surface area contributed by atoms with Gasteiger partial charge in [0, 0.05) is 25.4 Å². The molecule has 3 heteroatoms. The first kappa shape index (κ1) is 13.6. The van der Waals surface area contributed by atoms with Gasteiger partial charge in [0.05, 0.1) is 12.2 Å². The number of aryl methyl sites for hydroxylation is 1. The molecule has 3 aromatic rings. The third kappa shape index (κ3) is 3.38. The SMILES string of the molecule is Cn1cc(CNC(c2ccccc2)c2ccccc2)cn1. The lowest BCUT2D eigenvalue weighted by molar-refractivity contribution is 0.605. The second-order valence-electron chi connectivity index (χ2n) is 5.16. The molecule has 0 aliphatic rings. The van der Waals surface area contributed by atoms with Crippen LogP contribution in [-0.2, 0) is 13.6 Å². The lowest BCUT2D eigenvalue weighted by Gasteiger charge is -2.19. The molecule has 0 atom stereocenters. The van der Waals surface area contributed by atoms with Crippen LogP contribution < -0.4 is 5.32 Å². The molecule has 1 N–H and O–H groups in total. The van der Waals surface area contributed by atoms with Crippen molar-refractivity contribution in [3.63, 3.8) is 0 Å².